The second-order valence-electron chi connectivity index (χ2n) is 4.65. The zero-order valence-corrected chi connectivity index (χ0v) is 11.7. The molecule has 0 aliphatic carbocycles. The lowest BCUT2D eigenvalue weighted by atomic mass is 9.86. The third kappa shape index (κ3) is 3.59. The predicted octanol–water partition coefficient (Wildman–Crippen LogP) is 4.19. The monoisotopic (exact) mass is 262 g/mol. The Morgan fingerprint density at radius 2 is 1.45 bits per heavy atom. The minimum atomic E-state index is -0.184. The van der Waals surface area contributed by atoms with Gasteiger partial charge in [-0.2, -0.15) is 0 Å². The van der Waals surface area contributed by atoms with Gasteiger partial charge in [-0.05, 0) is 18.1 Å². The molecule has 0 atom stereocenters. The molecule has 2 aromatic rings. The van der Waals surface area contributed by atoms with Crippen LogP contribution in [0.1, 0.15) is 36.8 Å². The first-order valence-corrected chi connectivity index (χ1v) is 6.85. The summed E-state index contributed by atoms with van der Waals surface area (Å²) >= 11 is 0. The van der Waals surface area contributed by atoms with E-state index >= 15 is 0 Å². The minimum absolute atomic E-state index is 0.184. The van der Waals surface area contributed by atoms with Crippen molar-refractivity contribution in [2.75, 3.05) is 0 Å². The molecule has 0 radical (unpaired) electrons. The van der Waals surface area contributed by atoms with Crippen LogP contribution < -0.4 is 0 Å². The Morgan fingerprint density at radius 1 is 0.950 bits per heavy atom. The van der Waals surface area contributed by atoms with E-state index in [-0.39, 0.29) is 11.7 Å². The highest BCUT2D eigenvalue weighted by atomic mass is 16.1. The van der Waals surface area contributed by atoms with E-state index < -0.39 is 0 Å². The summed E-state index contributed by atoms with van der Waals surface area (Å²) in [4.78, 5) is 12.6. The summed E-state index contributed by atoms with van der Waals surface area (Å²) in [5, 5.41) is 0. The summed E-state index contributed by atoms with van der Waals surface area (Å²) in [6, 6.07) is 19.9. The molecule has 100 valence electrons. The maximum atomic E-state index is 12.6. The fourth-order valence-electron chi connectivity index (χ4n) is 2.31. The van der Waals surface area contributed by atoms with Crippen LogP contribution in [0.4, 0.5) is 0 Å². The average Bonchev–Trinajstić information content (AvgIpc) is 2.50. The van der Waals surface area contributed by atoms with E-state index in [1.54, 1.807) is 6.92 Å². The van der Waals surface area contributed by atoms with Crippen LogP contribution in [-0.4, -0.2) is 5.78 Å². The molecular formula is C19H18O. The second kappa shape index (κ2) is 7.31. The summed E-state index contributed by atoms with van der Waals surface area (Å²) in [6.07, 6.45) is 1.13. The van der Waals surface area contributed by atoms with Gasteiger partial charge in [-0.3, -0.25) is 4.79 Å². The van der Waals surface area contributed by atoms with Crippen LogP contribution in [0.3, 0.4) is 0 Å². The number of hydrogen-bond acceptors (Lipinski definition) is 1. The summed E-state index contributed by atoms with van der Waals surface area (Å²) in [7, 11) is 0. The molecule has 0 unspecified atom stereocenters. The molecule has 0 N–H and O–H groups in total. The molecule has 2 aromatic carbocycles. The van der Waals surface area contributed by atoms with Crippen molar-refractivity contribution in [1.29, 1.82) is 0 Å². The summed E-state index contributed by atoms with van der Waals surface area (Å²) in [5.41, 5.74) is 2.10. The average molecular weight is 262 g/mol. The first-order valence-electron chi connectivity index (χ1n) is 6.85. The Kier molecular flexibility index (Phi) is 5.15. The molecule has 0 aliphatic heterocycles. The van der Waals surface area contributed by atoms with Gasteiger partial charge in [-0.1, -0.05) is 60.7 Å². The highest BCUT2D eigenvalue weighted by Gasteiger charge is 2.21. The van der Waals surface area contributed by atoms with Crippen LogP contribution in [0, 0.1) is 11.8 Å². The molecule has 2 rings (SSSR count). The molecule has 0 saturated carbocycles. The van der Waals surface area contributed by atoms with Crippen molar-refractivity contribution in [1.82, 2.24) is 0 Å². The van der Waals surface area contributed by atoms with E-state index in [1.165, 1.54) is 0 Å². The Balaban J connectivity index is 2.29. The van der Waals surface area contributed by atoms with Crippen molar-refractivity contribution >= 4 is 5.78 Å². The van der Waals surface area contributed by atoms with Crippen molar-refractivity contribution in [3.63, 3.8) is 0 Å². The highest BCUT2D eigenvalue weighted by molar-refractivity contribution is 5.89. The molecule has 0 heterocycles. The van der Waals surface area contributed by atoms with E-state index in [0.29, 0.717) is 12.8 Å². The van der Waals surface area contributed by atoms with Crippen LogP contribution >= 0.6 is 0 Å². The topological polar surface area (TPSA) is 17.1 Å². The van der Waals surface area contributed by atoms with E-state index in [9.17, 15) is 4.79 Å². The zero-order chi connectivity index (χ0) is 14.2. The van der Waals surface area contributed by atoms with Gasteiger partial charge in [0, 0.05) is 12.8 Å². The fraction of sp³-hybridized carbons (Fsp3) is 0.211. The largest absolute Gasteiger partial charge is 0.299 e. The molecule has 1 heteroatoms. The van der Waals surface area contributed by atoms with E-state index in [0.717, 1.165) is 11.1 Å². The zero-order valence-electron chi connectivity index (χ0n) is 11.7. The highest BCUT2D eigenvalue weighted by Crippen LogP contribution is 2.26. The van der Waals surface area contributed by atoms with Crippen LogP contribution in [0.25, 0.3) is 0 Å². The number of Topliss-reactive ketones (excluding diaryl/α,β-unsaturated/α-hetero) is 1. The Bertz CT molecular complexity index is 563. The van der Waals surface area contributed by atoms with Gasteiger partial charge in [-0.25, -0.2) is 0 Å². The molecule has 0 aromatic heterocycles. The van der Waals surface area contributed by atoms with Gasteiger partial charge in [0.1, 0.15) is 5.78 Å². The number of ketones is 1. The molecule has 0 saturated heterocycles. The van der Waals surface area contributed by atoms with E-state index in [1.807, 2.05) is 60.7 Å². The number of carbonyl (C=O) groups excluding carboxylic acids is 1. The quantitative estimate of drug-likeness (QED) is 0.738. The molecular weight excluding hydrogens is 244 g/mol. The van der Waals surface area contributed by atoms with Gasteiger partial charge >= 0.3 is 0 Å². The summed E-state index contributed by atoms with van der Waals surface area (Å²) in [5.74, 6) is 5.85. The van der Waals surface area contributed by atoms with Crippen molar-refractivity contribution < 1.29 is 4.79 Å². The first kappa shape index (κ1) is 14.1. The Labute approximate surface area is 120 Å². The van der Waals surface area contributed by atoms with E-state index in [2.05, 4.69) is 11.8 Å². The van der Waals surface area contributed by atoms with Crippen molar-refractivity contribution in [3.8, 4) is 11.8 Å². The molecule has 0 fully saturated rings. The predicted molar refractivity (Wildman–Crippen MR) is 82.4 cm³/mol. The Morgan fingerprint density at radius 3 is 1.90 bits per heavy atom. The third-order valence-electron chi connectivity index (χ3n) is 3.26. The van der Waals surface area contributed by atoms with Crippen molar-refractivity contribution in [2.45, 2.75) is 25.7 Å². The van der Waals surface area contributed by atoms with Crippen LogP contribution in [0.2, 0.25) is 0 Å². The van der Waals surface area contributed by atoms with E-state index in [4.69, 9.17) is 0 Å². The molecule has 0 amide bonds. The molecule has 0 aliphatic rings. The fourth-order valence-corrected chi connectivity index (χ4v) is 2.31. The van der Waals surface area contributed by atoms with Crippen molar-refractivity contribution in [2.24, 2.45) is 0 Å². The normalized spacial score (nSPS) is 9.90. The van der Waals surface area contributed by atoms with Gasteiger partial charge in [-0.15, -0.1) is 11.8 Å². The minimum Gasteiger partial charge on any atom is -0.299 e. The first-order chi connectivity index (χ1) is 9.83. The van der Waals surface area contributed by atoms with Gasteiger partial charge in [0.05, 0.1) is 5.92 Å². The number of benzene rings is 2. The molecule has 0 spiro atoms. The maximum absolute atomic E-state index is 12.6. The molecule has 1 nitrogen and oxygen atoms in total. The number of rotatable bonds is 5. The van der Waals surface area contributed by atoms with Crippen LogP contribution in [0.15, 0.2) is 60.7 Å². The smallest absolute Gasteiger partial charge is 0.145 e. The second-order valence-corrected chi connectivity index (χ2v) is 4.65. The van der Waals surface area contributed by atoms with Gasteiger partial charge < -0.3 is 0 Å². The van der Waals surface area contributed by atoms with Crippen molar-refractivity contribution in [3.05, 3.63) is 71.8 Å². The number of carbonyl (C=O) groups is 1. The van der Waals surface area contributed by atoms with Crippen LogP contribution in [-0.2, 0) is 4.79 Å². The molecule has 20 heavy (non-hydrogen) atoms. The van der Waals surface area contributed by atoms with Gasteiger partial charge in [0.15, 0.2) is 0 Å². The Hall–Kier alpha value is -2.33. The summed E-state index contributed by atoms with van der Waals surface area (Å²) < 4.78 is 0. The maximum Gasteiger partial charge on any atom is 0.145 e. The molecule has 0 bridgehead atoms. The lowest BCUT2D eigenvalue weighted by Crippen LogP contribution is -2.13. The third-order valence-corrected chi connectivity index (χ3v) is 3.26. The van der Waals surface area contributed by atoms with Gasteiger partial charge in [0.2, 0.25) is 0 Å². The SMILES string of the molecule is CC#CCCC(=O)C(c1ccccc1)c1ccccc1. The lowest BCUT2D eigenvalue weighted by Gasteiger charge is -2.16. The van der Waals surface area contributed by atoms with Gasteiger partial charge in [0.25, 0.3) is 0 Å². The van der Waals surface area contributed by atoms with Crippen LogP contribution in [0.5, 0.6) is 0 Å². The summed E-state index contributed by atoms with van der Waals surface area (Å²) in [6.45, 7) is 1.80. The lowest BCUT2D eigenvalue weighted by molar-refractivity contribution is -0.119. The number of hydrogen-bond donors (Lipinski definition) is 0. The standard InChI is InChI=1S/C19H18O/c1-2-3-6-15-18(20)19(16-11-7-4-8-12-16)17-13-9-5-10-14-17/h4-5,7-14,19H,6,15H2,1H3.